The van der Waals surface area contributed by atoms with E-state index >= 15 is 0 Å². The van der Waals surface area contributed by atoms with Gasteiger partial charge in [0, 0.05) is 17.3 Å². The van der Waals surface area contributed by atoms with E-state index in [4.69, 9.17) is 4.99 Å². The fourth-order valence-electron chi connectivity index (χ4n) is 4.38. The molecule has 2 heteroatoms. The van der Waals surface area contributed by atoms with Crippen LogP contribution in [0.15, 0.2) is 96.1 Å². The molecular formula is C25H16N2. The van der Waals surface area contributed by atoms with Gasteiger partial charge in [-0.2, -0.15) is 0 Å². The monoisotopic (exact) mass is 344 g/mol. The predicted octanol–water partition coefficient (Wildman–Crippen LogP) is 6.00. The van der Waals surface area contributed by atoms with Crippen LogP contribution in [0.25, 0.3) is 22.4 Å². The van der Waals surface area contributed by atoms with E-state index in [9.17, 15) is 0 Å². The molecule has 0 amide bonds. The average molecular weight is 344 g/mol. The van der Waals surface area contributed by atoms with E-state index in [0.29, 0.717) is 0 Å². The molecule has 0 spiro atoms. The summed E-state index contributed by atoms with van der Waals surface area (Å²) in [6, 6.07) is 29.9. The van der Waals surface area contributed by atoms with E-state index in [0.717, 1.165) is 22.7 Å². The third-order valence-corrected chi connectivity index (χ3v) is 5.58. The summed E-state index contributed by atoms with van der Waals surface area (Å²) in [5.74, 6) is 0.212. The zero-order valence-electron chi connectivity index (χ0n) is 14.6. The maximum Gasteiger partial charge on any atom is 0.0702 e. The van der Waals surface area contributed by atoms with Crippen molar-refractivity contribution in [3.05, 3.63) is 108 Å². The van der Waals surface area contributed by atoms with Crippen LogP contribution in [-0.2, 0) is 0 Å². The Labute approximate surface area is 157 Å². The van der Waals surface area contributed by atoms with E-state index < -0.39 is 0 Å². The third kappa shape index (κ3) is 2.07. The van der Waals surface area contributed by atoms with Crippen LogP contribution in [0.1, 0.15) is 22.6 Å². The van der Waals surface area contributed by atoms with Gasteiger partial charge < -0.3 is 0 Å². The molecule has 3 aromatic carbocycles. The van der Waals surface area contributed by atoms with Crippen molar-refractivity contribution in [2.24, 2.45) is 4.99 Å². The van der Waals surface area contributed by atoms with Gasteiger partial charge in [0.1, 0.15) is 0 Å². The number of pyridine rings is 1. The summed E-state index contributed by atoms with van der Waals surface area (Å²) in [7, 11) is 0. The number of hydrogen-bond acceptors (Lipinski definition) is 2. The Hall–Kier alpha value is -3.52. The summed E-state index contributed by atoms with van der Waals surface area (Å²) < 4.78 is 0. The van der Waals surface area contributed by atoms with Gasteiger partial charge in [0.15, 0.2) is 0 Å². The molecule has 0 bridgehead atoms. The molecule has 1 aromatic heterocycles. The Morgan fingerprint density at radius 1 is 0.630 bits per heavy atom. The Balaban J connectivity index is 1.64. The minimum Gasteiger partial charge on any atom is -0.256 e. The van der Waals surface area contributed by atoms with Gasteiger partial charge in [-0.15, -0.1) is 0 Å². The van der Waals surface area contributed by atoms with Crippen LogP contribution in [0.2, 0.25) is 0 Å². The fraction of sp³-hybridized carbons (Fsp3) is 0.0400. The number of nitrogens with zero attached hydrogens (tertiary/aromatic N) is 2. The molecule has 1 aliphatic heterocycles. The molecule has 2 heterocycles. The SMILES string of the molecule is c1ccc(-c2ccc3c(c2)C2=Nc4ccccc4[C@@H]2c2ccccc2-3)nc1. The van der Waals surface area contributed by atoms with Crippen LogP contribution in [-0.4, -0.2) is 10.7 Å². The van der Waals surface area contributed by atoms with E-state index in [1.54, 1.807) is 0 Å². The highest BCUT2D eigenvalue weighted by Crippen LogP contribution is 2.49. The Kier molecular flexibility index (Phi) is 2.97. The molecule has 0 N–H and O–H groups in total. The van der Waals surface area contributed by atoms with Gasteiger partial charge in [-0.25, -0.2) is 0 Å². The van der Waals surface area contributed by atoms with Gasteiger partial charge in [0.25, 0.3) is 0 Å². The van der Waals surface area contributed by atoms with Gasteiger partial charge in [-0.05, 0) is 46.5 Å². The summed E-state index contributed by atoms with van der Waals surface area (Å²) >= 11 is 0. The number of rotatable bonds is 1. The molecule has 1 aliphatic carbocycles. The van der Waals surface area contributed by atoms with Crippen molar-refractivity contribution in [3.63, 3.8) is 0 Å². The number of aromatic nitrogens is 1. The molecule has 0 saturated carbocycles. The lowest BCUT2D eigenvalue weighted by atomic mass is 9.75. The summed E-state index contributed by atoms with van der Waals surface area (Å²) in [5, 5.41) is 0. The van der Waals surface area contributed by atoms with E-state index in [-0.39, 0.29) is 5.92 Å². The Morgan fingerprint density at radius 3 is 2.33 bits per heavy atom. The molecule has 0 unspecified atom stereocenters. The summed E-state index contributed by atoms with van der Waals surface area (Å²) in [6.07, 6.45) is 1.84. The van der Waals surface area contributed by atoms with Crippen LogP contribution < -0.4 is 0 Å². The predicted molar refractivity (Wildman–Crippen MR) is 110 cm³/mol. The lowest BCUT2D eigenvalue weighted by Crippen LogP contribution is -2.18. The van der Waals surface area contributed by atoms with Crippen LogP contribution in [0.3, 0.4) is 0 Å². The highest BCUT2D eigenvalue weighted by Gasteiger charge is 2.36. The maximum atomic E-state index is 5.04. The molecule has 4 aromatic rings. The zero-order chi connectivity index (χ0) is 17.8. The minimum atomic E-state index is 0.212. The highest BCUT2D eigenvalue weighted by atomic mass is 14.8. The molecular weight excluding hydrogens is 328 g/mol. The van der Waals surface area contributed by atoms with Gasteiger partial charge in [0.05, 0.1) is 23.0 Å². The fourth-order valence-corrected chi connectivity index (χ4v) is 4.38. The molecule has 6 rings (SSSR count). The summed E-state index contributed by atoms with van der Waals surface area (Å²) in [5.41, 5.74) is 10.8. The van der Waals surface area contributed by atoms with Crippen molar-refractivity contribution in [2.45, 2.75) is 5.92 Å². The molecule has 2 aliphatic rings. The Morgan fingerprint density at radius 2 is 1.44 bits per heavy atom. The van der Waals surface area contributed by atoms with Crippen LogP contribution in [0.5, 0.6) is 0 Å². The third-order valence-electron chi connectivity index (χ3n) is 5.58. The minimum absolute atomic E-state index is 0.212. The second-order valence-corrected chi connectivity index (χ2v) is 7.05. The smallest absolute Gasteiger partial charge is 0.0702 e. The van der Waals surface area contributed by atoms with Gasteiger partial charge in [-0.3, -0.25) is 9.98 Å². The van der Waals surface area contributed by atoms with Gasteiger partial charge >= 0.3 is 0 Å². The largest absolute Gasteiger partial charge is 0.256 e. The van der Waals surface area contributed by atoms with E-state index in [2.05, 4.69) is 77.8 Å². The average Bonchev–Trinajstić information content (AvgIpc) is 3.14. The Bertz CT molecular complexity index is 1220. The molecule has 126 valence electrons. The van der Waals surface area contributed by atoms with Crippen molar-refractivity contribution < 1.29 is 0 Å². The molecule has 2 nitrogen and oxygen atoms in total. The zero-order valence-corrected chi connectivity index (χ0v) is 14.6. The standard InChI is InChI=1S/C25H16N2/c1-2-8-19-17(7-1)18-13-12-16(22-10-5-6-14-26-22)15-21(18)25-24(19)20-9-3-4-11-23(20)27-25/h1-15,24H/t24-/m0/s1. The quantitative estimate of drug-likeness (QED) is 0.416. The topological polar surface area (TPSA) is 25.2 Å². The first kappa shape index (κ1) is 14.6. The summed E-state index contributed by atoms with van der Waals surface area (Å²) in [6.45, 7) is 0. The molecule has 0 saturated heterocycles. The first-order valence-electron chi connectivity index (χ1n) is 9.23. The second kappa shape index (κ2) is 5.49. The van der Waals surface area contributed by atoms with Crippen LogP contribution in [0.4, 0.5) is 5.69 Å². The molecule has 1 atom stereocenters. The van der Waals surface area contributed by atoms with Crippen molar-refractivity contribution in [2.75, 3.05) is 0 Å². The number of para-hydroxylation sites is 1. The lowest BCUT2D eigenvalue weighted by molar-refractivity contribution is 1.10. The van der Waals surface area contributed by atoms with Gasteiger partial charge in [-0.1, -0.05) is 60.7 Å². The normalized spacial score (nSPS) is 16.0. The summed E-state index contributed by atoms with van der Waals surface area (Å²) in [4.78, 5) is 9.57. The van der Waals surface area contributed by atoms with E-state index in [1.807, 2.05) is 18.3 Å². The van der Waals surface area contributed by atoms with Crippen LogP contribution in [0, 0.1) is 0 Å². The number of hydrogen-bond donors (Lipinski definition) is 0. The van der Waals surface area contributed by atoms with Gasteiger partial charge in [0.2, 0.25) is 0 Å². The van der Waals surface area contributed by atoms with Crippen molar-refractivity contribution in [3.8, 4) is 22.4 Å². The number of aliphatic imine (C=N–C) groups is 1. The number of fused-ring (bicyclic) bond motifs is 8. The van der Waals surface area contributed by atoms with Crippen LogP contribution >= 0.6 is 0 Å². The highest BCUT2D eigenvalue weighted by molar-refractivity contribution is 6.18. The molecule has 27 heavy (non-hydrogen) atoms. The molecule has 0 fully saturated rings. The van der Waals surface area contributed by atoms with E-state index in [1.165, 1.54) is 27.8 Å². The van der Waals surface area contributed by atoms with Crippen molar-refractivity contribution in [1.82, 2.24) is 4.98 Å². The van der Waals surface area contributed by atoms with Crippen molar-refractivity contribution >= 4 is 11.4 Å². The second-order valence-electron chi connectivity index (χ2n) is 7.05. The lowest BCUT2D eigenvalue weighted by Gasteiger charge is -2.27. The maximum absolute atomic E-state index is 5.04. The first-order chi connectivity index (χ1) is 13.4. The van der Waals surface area contributed by atoms with Crippen molar-refractivity contribution in [1.29, 1.82) is 0 Å². The first-order valence-corrected chi connectivity index (χ1v) is 9.23. The number of benzene rings is 3. The molecule has 0 radical (unpaired) electrons.